The predicted molar refractivity (Wildman–Crippen MR) is 59.2 cm³/mol. The van der Waals surface area contributed by atoms with Crippen LogP contribution in [0, 0.1) is 11.3 Å². The van der Waals surface area contributed by atoms with E-state index in [4.69, 9.17) is 10.5 Å². The summed E-state index contributed by atoms with van der Waals surface area (Å²) in [5.74, 6) is 2.48. The molecule has 1 saturated heterocycles. The van der Waals surface area contributed by atoms with Gasteiger partial charge in [0, 0.05) is 6.04 Å². The fourth-order valence-corrected chi connectivity index (χ4v) is 3.14. The summed E-state index contributed by atoms with van der Waals surface area (Å²) in [6.45, 7) is 3.74. The molecule has 2 N–H and O–H groups in total. The molecule has 0 saturated carbocycles. The summed E-state index contributed by atoms with van der Waals surface area (Å²) in [4.78, 5) is 11.5. The average Bonchev–Trinajstić information content (AvgIpc) is 2.67. The lowest BCUT2D eigenvalue weighted by Crippen LogP contribution is -2.48. The van der Waals surface area contributed by atoms with Gasteiger partial charge in [-0.1, -0.05) is 0 Å². The number of rotatable bonds is 3. The van der Waals surface area contributed by atoms with Crippen LogP contribution >= 0.6 is 11.8 Å². The van der Waals surface area contributed by atoms with Gasteiger partial charge in [-0.05, 0) is 37.7 Å². The Morgan fingerprint density at radius 1 is 1.64 bits per heavy atom. The van der Waals surface area contributed by atoms with Crippen LogP contribution in [0.2, 0.25) is 0 Å². The topological polar surface area (TPSA) is 52.3 Å². The van der Waals surface area contributed by atoms with Crippen LogP contribution in [-0.2, 0) is 9.53 Å². The minimum absolute atomic E-state index is 0.0926. The van der Waals surface area contributed by atoms with Gasteiger partial charge in [0.15, 0.2) is 0 Å². The molecule has 1 fully saturated rings. The molecule has 2 unspecified atom stereocenters. The zero-order valence-electron chi connectivity index (χ0n) is 9.08. The van der Waals surface area contributed by atoms with Crippen molar-refractivity contribution < 1.29 is 9.53 Å². The Morgan fingerprint density at radius 3 is 2.71 bits per heavy atom. The number of esters is 1. The van der Waals surface area contributed by atoms with Crippen LogP contribution in [0.15, 0.2) is 0 Å². The Hall–Kier alpha value is -0.220. The number of ether oxygens (including phenoxy) is 1. The SMILES string of the molecule is COC(=O)C(C)(C)C(N)C1CCSC1. The lowest BCUT2D eigenvalue weighted by molar-refractivity contribution is -0.152. The molecule has 0 aromatic heterocycles. The van der Waals surface area contributed by atoms with Gasteiger partial charge in [0.2, 0.25) is 0 Å². The molecule has 4 heteroatoms. The summed E-state index contributed by atoms with van der Waals surface area (Å²) in [7, 11) is 1.42. The molecular weight excluding hydrogens is 198 g/mol. The normalized spacial score (nSPS) is 24.7. The van der Waals surface area contributed by atoms with E-state index in [0.29, 0.717) is 5.92 Å². The van der Waals surface area contributed by atoms with Gasteiger partial charge in [0.05, 0.1) is 12.5 Å². The largest absolute Gasteiger partial charge is 0.469 e. The fourth-order valence-electron chi connectivity index (χ4n) is 1.82. The van der Waals surface area contributed by atoms with Crippen molar-refractivity contribution in [1.29, 1.82) is 0 Å². The zero-order chi connectivity index (χ0) is 10.8. The Labute approximate surface area is 89.8 Å². The summed E-state index contributed by atoms with van der Waals surface area (Å²) < 4.78 is 4.77. The van der Waals surface area contributed by atoms with E-state index in [2.05, 4.69) is 0 Å². The van der Waals surface area contributed by atoms with Gasteiger partial charge >= 0.3 is 5.97 Å². The molecule has 1 rings (SSSR count). The molecule has 0 aliphatic carbocycles. The van der Waals surface area contributed by atoms with E-state index in [1.165, 1.54) is 7.11 Å². The Balaban J connectivity index is 2.65. The van der Waals surface area contributed by atoms with E-state index in [1.807, 2.05) is 25.6 Å². The maximum Gasteiger partial charge on any atom is 0.312 e. The number of hydrogen-bond donors (Lipinski definition) is 1. The molecule has 82 valence electrons. The molecule has 1 aliphatic rings. The maximum atomic E-state index is 11.5. The van der Waals surface area contributed by atoms with E-state index in [1.54, 1.807) is 0 Å². The minimum atomic E-state index is -0.565. The van der Waals surface area contributed by atoms with Gasteiger partial charge in [0.25, 0.3) is 0 Å². The Kier molecular flexibility index (Phi) is 3.84. The van der Waals surface area contributed by atoms with E-state index >= 15 is 0 Å². The third-order valence-corrected chi connectivity index (χ3v) is 4.21. The quantitative estimate of drug-likeness (QED) is 0.723. The highest BCUT2D eigenvalue weighted by Gasteiger charge is 2.40. The summed E-state index contributed by atoms with van der Waals surface area (Å²) in [5.41, 5.74) is 5.55. The number of carbonyl (C=O) groups is 1. The van der Waals surface area contributed by atoms with Crippen LogP contribution < -0.4 is 5.73 Å². The lowest BCUT2D eigenvalue weighted by Gasteiger charge is -2.32. The van der Waals surface area contributed by atoms with Crippen LogP contribution in [0.1, 0.15) is 20.3 Å². The van der Waals surface area contributed by atoms with Crippen LogP contribution in [0.4, 0.5) is 0 Å². The second-order valence-corrected chi connectivity index (χ2v) is 5.51. The second kappa shape index (κ2) is 4.53. The molecule has 0 radical (unpaired) electrons. The first-order chi connectivity index (χ1) is 6.50. The van der Waals surface area contributed by atoms with Crippen molar-refractivity contribution in [3.05, 3.63) is 0 Å². The van der Waals surface area contributed by atoms with E-state index in [9.17, 15) is 4.79 Å². The third kappa shape index (κ3) is 2.23. The van der Waals surface area contributed by atoms with Gasteiger partial charge in [0.1, 0.15) is 0 Å². The highest BCUT2D eigenvalue weighted by Crippen LogP contribution is 2.34. The number of methoxy groups -OCH3 is 1. The molecule has 0 aromatic rings. The molecule has 14 heavy (non-hydrogen) atoms. The van der Waals surface area contributed by atoms with E-state index in [-0.39, 0.29) is 12.0 Å². The standard InChI is InChI=1S/C10H19NO2S/c1-10(2,9(12)13-3)8(11)7-4-5-14-6-7/h7-8H,4-6,11H2,1-3H3. The van der Waals surface area contributed by atoms with E-state index in [0.717, 1.165) is 17.9 Å². The summed E-state index contributed by atoms with van der Waals surface area (Å²) in [6.07, 6.45) is 1.12. The Morgan fingerprint density at radius 2 is 2.29 bits per heavy atom. The smallest absolute Gasteiger partial charge is 0.312 e. The Bertz CT molecular complexity index is 212. The second-order valence-electron chi connectivity index (χ2n) is 4.36. The minimum Gasteiger partial charge on any atom is -0.469 e. The van der Waals surface area contributed by atoms with Crippen molar-refractivity contribution in [2.45, 2.75) is 26.3 Å². The average molecular weight is 217 g/mol. The first kappa shape index (κ1) is 11.9. The van der Waals surface area contributed by atoms with Crippen molar-refractivity contribution in [3.8, 4) is 0 Å². The van der Waals surface area contributed by atoms with Crippen molar-refractivity contribution in [1.82, 2.24) is 0 Å². The van der Waals surface area contributed by atoms with Gasteiger partial charge in [-0.3, -0.25) is 4.79 Å². The number of hydrogen-bond acceptors (Lipinski definition) is 4. The van der Waals surface area contributed by atoms with Crippen LogP contribution in [0.5, 0.6) is 0 Å². The maximum absolute atomic E-state index is 11.5. The van der Waals surface area contributed by atoms with Crippen molar-refractivity contribution in [2.24, 2.45) is 17.1 Å². The molecule has 0 amide bonds. The van der Waals surface area contributed by atoms with Crippen molar-refractivity contribution >= 4 is 17.7 Å². The van der Waals surface area contributed by atoms with Crippen LogP contribution in [0.3, 0.4) is 0 Å². The first-order valence-electron chi connectivity index (χ1n) is 4.92. The molecule has 1 aliphatic heterocycles. The zero-order valence-corrected chi connectivity index (χ0v) is 9.89. The van der Waals surface area contributed by atoms with Crippen molar-refractivity contribution in [2.75, 3.05) is 18.6 Å². The molecule has 0 bridgehead atoms. The van der Waals surface area contributed by atoms with Crippen LogP contribution in [-0.4, -0.2) is 30.6 Å². The molecule has 1 heterocycles. The summed E-state index contributed by atoms with van der Waals surface area (Å²) in [5, 5.41) is 0. The molecule has 0 spiro atoms. The summed E-state index contributed by atoms with van der Waals surface area (Å²) >= 11 is 1.91. The third-order valence-electron chi connectivity index (χ3n) is 3.02. The number of carbonyl (C=O) groups excluding carboxylic acids is 1. The molecule has 2 atom stereocenters. The fraction of sp³-hybridized carbons (Fsp3) is 0.900. The van der Waals surface area contributed by atoms with Gasteiger partial charge in [-0.15, -0.1) is 0 Å². The predicted octanol–water partition coefficient (Wildman–Crippen LogP) is 1.27. The summed E-state index contributed by atoms with van der Waals surface area (Å²) in [6, 6.07) is -0.0926. The number of thioether (sulfide) groups is 1. The van der Waals surface area contributed by atoms with Gasteiger partial charge in [-0.2, -0.15) is 11.8 Å². The highest BCUT2D eigenvalue weighted by atomic mass is 32.2. The van der Waals surface area contributed by atoms with Crippen LogP contribution in [0.25, 0.3) is 0 Å². The lowest BCUT2D eigenvalue weighted by atomic mass is 9.77. The molecule has 3 nitrogen and oxygen atoms in total. The highest BCUT2D eigenvalue weighted by molar-refractivity contribution is 7.99. The number of nitrogens with two attached hydrogens (primary N) is 1. The van der Waals surface area contributed by atoms with E-state index < -0.39 is 5.41 Å². The van der Waals surface area contributed by atoms with Gasteiger partial charge < -0.3 is 10.5 Å². The first-order valence-corrected chi connectivity index (χ1v) is 6.07. The molecule has 0 aromatic carbocycles. The van der Waals surface area contributed by atoms with Gasteiger partial charge in [-0.25, -0.2) is 0 Å². The molecular formula is C10H19NO2S. The monoisotopic (exact) mass is 217 g/mol. The van der Waals surface area contributed by atoms with Crippen molar-refractivity contribution in [3.63, 3.8) is 0 Å².